The van der Waals surface area contributed by atoms with Crippen molar-refractivity contribution in [1.29, 1.82) is 0 Å². The number of benzene rings is 2. The maximum absolute atomic E-state index is 12.1. The molecule has 25 heavy (non-hydrogen) atoms. The molecule has 128 valence electrons. The van der Waals surface area contributed by atoms with E-state index in [1.807, 2.05) is 0 Å². The van der Waals surface area contributed by atoms with Gasteiger partial charge in [0.05, 0.1) is 17.6 Å². The number of esters is 1. The van der Waals surface area contributed by atoms with Crippen molar-refractivity contribution in [2.24, 2.45) is 0 Å². The summed E-state index contributed by atoms with van der Waals surface area (Å²) in [4.78, 5) is 35.0. The van der Waals surface area contributed by atoms with Gasteiger partial charge in [0.15, 0.2) is 5.58 Å². The molecule has 0 atom stereocenters. The van der Waals surface area contributed by atoms with Crippen LogP contribution in [0.2, 0.25) is 0 Å². The van der Waals surface area contributed by atoms with Crippen molar-refractivity contribution in [1.82, 2.24) is 4.57 Å². The minimum Gasteiger partial charge on any atom is -0.460 e. The van der Waals surface area contributed by atoms with Crippen LogP contribution in [0.4, 0.5) is 5.69 Å². The van der Waals surface area contributed by atoms with Gasteiger partial charge < -0.3 is 14.5 Å². The summed E-state index contributed by atoms with van der Waals surface area (Å²) < 4.78 is 11.7. The molecule has 0 aliphatic rings. The fraction of sp³-hybridized carbons (Fsp3) is 0.167. The highest BCUT2D eigenvalue weighted by atomic mass is 16.5. The Morgan fingerprint density at radius 3 is 2.76 bits per heavy atom. The number of carbonyl (C=O) groups excluding carboxylic acids is 2. The van der Waals surface area contributed by atoms with Crippen LogP contribution in [-0.2, 0) is 16.1 Å². The monoisotopic (exact) mass is 340 g/mol. The lowest BCUT2D eigenvalue weighted by atomic mass is 10.2. The minimum atomic E-state index is -0.534. The van der Waals surface area contributed by atoms with Gasteiger partial charge in [-0.3, -0.25) is 9.36 Å². The van der Waals surface area contributed by atoms with Crippen LogP contribution in [0.3, 0.4) is 0 Å². The van der Waals surface area contributed by atoms with Gasteiger partial charge in [0.2, 0.25) is 5.91 Å². The average Bonchev–Trinajstić information content (AvgIpc) is 2.90. The third kappa shape index (κ3) is 3.77. The van der Waals surface area contributed by atoms with Crippen molar-refractivity contribution < 1.29 is 18.7 Å². The van der Waals surface area contributed by atoms with Crippen molar-refractivity contribution >= 4 is 28.7 Å². The van der Waals surface area contributed by atoms with Crippen LogP contribution in [-0.4, -0.2) is 23.1 Å². The molecule has 0 unspecified atom stereocenters. The predicted octanol–water partition coefficient (Wildman–Crippen LogP) is 2.41. The fourth-order valence-corrected chi connectivity index (χ4v) is 2.47. The summed E-state index contributed by atoms with van der Waals surface area (Å²) in [6, 6.07) is 13.5. The number of nitrogens with zero attached hydrogens (tertiary/aromatic N) is 1. The Kier molecular flexibility index (Phi) is 4.65. The molecule has 0 aliphatic carbocycles. The summed E-state index contributed by atoms with van der Waals surface area (Å²) in [5.74, 6) is -1.25. The summed E-state index contributed by atoms with van der Waals surface area (Å²) in [6.45, 7) is 1.59. The topological polar surface area (TPSA) is 90.5 Å². The number of nitrogens with one attached hydrogen (secondary N) is 1. The van der Waals surface area contributed by atoms with Crippen molar-refractivity contribution in [2.45, 2.75) is 13.5 Å². The molecule has 0 bridgehead atoms. The van der Waals surface area contributed by atoms with E-state index in [-0.39, 0.29) is 19.1 Å². The Morgan fingerprint density at radius 2 is 1.96 bits per heavy atom. The van der Waals surface area contributed by atoms with Crippen LogP contribution in [0.5, 0.6) is 0 Å². The number of para-hydroxylation sites is 2. The molecule has 1 amide bonds. The molecule has 0 aliphatic heterocycles. The van der Waals surface area contributed by atoms with Gasteiger partial charge >= 0.3 is 11.7 Å². The van der Waals surface area contributed by atoms with Crippen molar-refractivity contribution in [3.63, 3.8) is 0 Å². The average molecular weight is 340 g/mol. The van der Waals surface area contributed by atoms with Gasteiger partial charge in [-0.1, -0.05) is 18.2 Å². The molecule has 7 nitrogen and oxygen atoms in total. The van der Waals surface area contributed by atoms with Crippen LogP contribution >= 0.6 is 0 Å². The van der Waals surface area contributed by atoms with Crippen LogP contribution in [0, 0.1) is 0 Å². The van der Waals surface area contributed by atoms with E-state index < -0.39 is 11.7 Å². The molecule has 3 aromatic rings. The Balaban J connectivity index is 1.65. The molecule has 2 aromatic carbocycles. The molecular formula is C18H16N2O5. The first-order valence-corrected chi connectivity index (χ1v) is 7.68. The fourth-order valence-electron chi connectivity index (χ4n) is 2.47. The molecule has 0 saturated heterocycles. The number of oxazole rings is 1. The number of amides is 1. The van der Waals surface area contributed by atoms with Crippen molar-refractivity contribution in [2.75, 3.05) is 11.9 Å². The number of fused-ring (bicyclic) bond motifs is 1. The molecule has 0 radical (unpaired) electrons. The van der Waals surface area contributed by atoms with Crippen molar-refractivity contribution in [3.8, 4) is 0 Å². The molecule has 1 N–H and O–H groups in total. The highest BCUT2D eigenvalue weighted by molar-refractivity contribution is 5.93. The summed E-state index contributed by atoms with van der Waals surface area (Å²) in [5, 5.41) is 2.60. The third-order valence-electron chi connectivity index (χ3n) is 3.54. The van der Waals surface area contributed by atoms with Gasteiger partial charge in [-0.25, -0.2) is 9.59 Å². The maximum Gasteiger partial charge on any atom is 0.420 e. The molecule has 3 rings (SSSR count). The number of ether oxygens (including phenoxy) is 1. The Labute approximate surface area is 142 Å². The van der Waals surface area contributed by atoms with Crippen molar-refractivity contribution in [3.05, 3.63) is 64.6 Å². The minimum absolute atomic E-state index is 0.0205. The molecule has 7 heteroatoms. The largest absolute Gasteiger partial charge is 0.460 e. The van der Waals surface area contributed by atoms with Gasteiger partial charge in [0, 0.05) is 12.6 Å². The highest BCUT2D eigenvalue weighted by Crippen LogP contribution is 2.13. The van der Waals surface area contributed by atoms with E-state index in [4.69, 9.17) is 9.15 Å². The van der Waals surface area contributed by atoms with Gasteiger partial charge in [-0.2, -0.15) is 0 Å². The number of hydrogen-bond acceptors (Lipinski definition) is 5. The first-order chi connectivity index (χ1) is 12.0. The molecular weight excluding hydrogens is 324 g/mol. The zero-order valence-corrected chi connectivity index (χ0v) is 13.5. The maximum atomic E-state index is 12.1. The molecule has 0 saturated carbocycles. The number of rotatable bonds is 5. The first kappa shape index (κ1) is 16.5. The molecule has 0 spiro atoms. The number of anilines is 1. The van der Waals surface area contributed by atoms with Crippen LogP contribution in [0.15, 0.2) is 57.7 Å². The summed E-state index contributed by atoms with van der Waals surface area (Å²) >= 11 is 0. The van der Waals surface area contributed by atoms with Gasteiger partial charge in [0.25, 0.3) is 0 Å². The van der Waals surface area contributed by atoms with E-state index in [1.165, 1.54) is 17.6 Å². The van der Waals surface area contributed by atoms with Crippen LogP contribution < -0.4 is 11.1 Å². The molecule has 0 fully saturated rings. The lowest BCUT2D eigenvalue weighted by Gasteiger charge is -2.07. The quantitative estimate of drug-likeness (QED) is 0.720. The van der Waals surface area contributed by atoms with E-state index in [0.717, 1.165) is 0 Å². The lowest BCUT2D eigenvalue weighted by Crippen LogP contribution is -2.19. The second-order valence-electron chi connectivity index (χ2n) is 5.39. The second-order valence-corrected chi connectivity index (χ2v) is 5.39. The zero-order valence-electron chi connectivity index (χ0n) is 13.5. The van der Waals surface area contributed by atoms with E-state index in [9.17, 15) is 14.4 Å². The normalized spacial score (nSPS) is 10.6. The van der Waals surface area contributed by atoms with E-state index >= 15 is 0 Å². The Morgan fingerprint density at radius 1 is 1.16 bits per heavy atom. The lowest BCUT2D eigenvalue weighted by molar-refractivity contribution is -0.114. The van der Waals surface area contributed by atoms with E-state index in [1.54, 1.807) is 42.5 Å². The highest BCUT2D eigenvalue weighted by Gasteiger charge is 2.11. The number of carbonyl (C=O) groups is 2. The van der Waals surface area contributed by atoms with Gasteiger partial charge in [0.1, 0.15) is 6.61 Å². The Bertz CT molecular complexity index is 986. The summed E-state index contributed by atoms with van der Waals surface area (Å²) in [6.07, 6.45) is 0. The van der Waals surface area contributed by atoms with Gasteiger partial charge in [-0.05, 0) is 30.3 Å². The van der Waals surface area contributed by atoms with Gasteiger partial charge in [-0.15, -0.1) is 0 Å². The second kappa shape index (κ2) is 7.04. The van der Waals surface area contributed by atoms with E-state index in [0.29, 0.717) is 22.4 Å². The van der Waals surface area contributed by atoms with E-state index in [2.05, 4.69) is 5.32 Å². The zero-order chi connectivity index (χ0) is 17.8. The predicted molar refractivity (Wildman–Crippen MR) is 91.5 cm³/mol. The Hall–Kier alpha value is -3.35. The number of aromatic nitrogens is 1. The summed E-state index contributed by atoms with van der Waals surface area (Å²) in [5.41, 5.74) is 1.97. The molecule has 1 heterocycles. The molecule has 1 aromatic heterocycles. The summed E-state index contributed by atoms with van der Waals surface area (Å²) in [7, 11) is 0. The number of hydrogen-bond donors (Lipinski definition) is 1. The first-order valence-electron chi connectivity index (χ1n) is 7.68. The van der Waals surface area contributed by atoms with Crippen LogP contribution in [0.1, 0.15) is 17.3 Å². The van der Waals surface area contributed by atoms with Crippen LogP contribution in [0.25, 0.3) is 11.1 Å². The SMILES string of the molecule is CC(=O)Nc1cccc(C(=O)OCCn2c(=O)oc3ccccc32)c1. The smallest absolute Gasteiger partial charge is 0.420 e. The third-order valence-corrected chi connectivity index (χ3v) is 3.54. The standard InChI is InChI=1S/C18H16N2O5/c1-12(21)19-14-6-4-5-13(11-14)17(22)24-10-9-20-15-7-2-3-8-16(15)25-18(20)23/h2-8,11H,9-10H2,1H3,(H,19,21).